The molecule has 0 heterocycles. The molecule has 0 bridgehead atoms. The average Bonchev–Trinajstić information content (AvgIpc) is 2.17. The van der Waals surface area contributed by atoms with E-state index in [0.717, 1.165) is 10.0 Å². The Morgan fingerprint density at radius 2 is 1.80 bits per heavy atom. The summed E-state index contributed by atoms with van der Waals surface area (Å²) in [6.07, 6.45) is -0.928. The number of carboxylic acid groups (broad SMARTS) is 1. The smallest absolute Gasteiger partial charge is 0.407 e. The first kappa shape index (κ1) is 12.0. The number of carbonyl (C=O) groups is 1. The highest BCUT2D eigenvalue weighted by atomic mass is 79.9. The molecule has 0 unspecified atom stereocenters. The van der Waals surface area contributed by atoms with Crippen molar-refractivity contribution >= 4 is 22.0 Å². The van der Waals surface area contributed by atoms with Crippen LogP contribution in [-0.2, 0) is 5.54 Å². The SMILES string of the molecule is CN(C(=O)O)C(C)(C)c1ccc(Br)cc1. The summed E-state index contributed by atoms with van der Waals surface area (Å²) in [5, 5.41) is 8.95. The molecule has 0 atom stereocenters. The minimum atomic E-state index is -0.928. The van der Waals surface area contributed by atoms with Crippen LogP contribution in [0, 0.1) is 0 Å². The molecule has 1 N–H and O–H groups in total. The molecule has 1 amide bonds. The predicted molar refractivity (Wildman–Crippen MR) is 63.0 cm³/mol. The van der Waals surface area contributed by atoms with Gasteiger partial charge in [-0.2, -0.15) is 0 Å². The molecule has 0 aromatic heterocycles. The Bertz CT molecular complexity index is 359. The minimum Gasteiger partial charge on any atom is -0.465 e. The third kappa shape index (κ3) is 2.50. The van der Waals surface area contributed by atoms with Gasteiger partial charge in [-0.1, -0.05) is 28.1 Å². The first-order chi connectivity index (χ1) is 6.85. The fourth-order valence-electron chi connectivity index (χ4n) is 1.29. The molecule has 3 nitrogen and oxygen atoms in total. The van der Waals surface area contributed by atoms with Crippen molar-refractivity contribution in [3.8, 4) is 0 Å². The van der Waals surface area contributed by atoms with Crippen LogP contribution in [0.15, 0.2) is 28.7 Å². The van der Waals surface area contributed by atoms with E-state index in [0.29, 0.717) is 0 Å². The second-order valence-corrected chi connectivity index (χ2v) is 4.82. The van der Waals surface area contributed by atoms with Crippen molar-refractivity contribution in [3.05, 3.63) is 34.3 Å². The van der Waals surface area contributed by atoms with Gasteiger partial charge in [0, 0.05) is 11.5 Å². The van der Waals surface area contributed by atoms with Crippen molar-refractivity contribution in [1.82, 2.24) is 4.90 Å². The Labute approximate surface area is 97.8 Å². The highest BCUT2D eigenvalue weighted by molar-refractivity contribution is 9.10. The fourth-order valence-corrected chi connectivity index (χ4v) is 1.55. The van der Waals surface area contributed by atoms with Gasteiger partial charge in [0.15, 0.2) is 0 Å². The van der Waals surface area contributed by atoms with Crippen molar-refractivity contribution < 1.29 is 9.90 Å². The van der Waals surface area contributed by atoms with Crippen LogP contribution in [0.3, 0.4) is 0 Å². The highest BCUT2D eigenvalue weighted by Gasteiger charge is 2.29. The number of rotatable bonds is 2. The second kappa shape index (κ2) is 4.23. The summed E-state index contributed by atoms with van der Waals surface area (Å²) in [6, 6.07) is 7.66. The molecule has 1 aromatic carbocycles. The molecule has 82 valence electrons. The molecule has 0 fully saturated rings. The largest absolute Gasteiger partial charge is 0.465 e. The quantitative estimate of drug-likeness (QED) is 0.897. The first-order valence-corrected chi connectivity index (χ1v) is 5.38. The van der Waals surface area contributed by atoms with Crippen molar-refractivity contribution in [2.75, 3.05) is 7.05 Å². The van der Waals surface area contributed by atoms with Crippen LogP contribution >= 0.6 is 15.9 Å². The number of halogens is 1. The third-order valence-corrected chi connectivity index (χ3v) is 3.20. The highest BCUT2D eigenvalue weighted by Crippen LogP contribution is 2.27. The molecule has 0 aliphatic heterocycles. The van der Waals surface area contributed by atoms with Crippen LogP contribution in [0.4, 0.5) is 4.79 Å². The second-order valence-electron chi connectivity index (χ2n) is 3.91. The maximum Gasteiger partial charge on any atom is 0.407 e. The number of hydrogen-bond donors (Lipinski definition) is 1. The molecule has 4 heteroatoms. The van der Waals surface area contributed by atoms with Gasteiger partial charge < -0.3 is 10.0 Å². The lowest BCUT2D eigenvalue weighted by atomic mass is 9.93. The molecule has 0 saturated heterocycles. The fraction of sp³-hybridized carbons (Fsp3) is 0.364. The van der Waals surface area contributed by atoms with Crippen molar-refractivity contribution in [3.63, 3.8) is 0 Å². The minimum absolute atomic E-state index is 0.521. The maximum absolute atomic E-state index is 10.9. The van der Waals surface area contributed by atoms with Gasteiger partial charge in [0.25, 0.3) is 0 Å². The van der Waals surface area contributed by atoms with Crippen molar-refractivity contribution in [2.45, 2.75) is 19.4 Å². The summed E-state index contributed by atoms with van der Waals surface area (Å²) in [4.78, 5) is 12.2. The van der Waals surface area contributed by atoms with E-state index in [9.17, 15) is 4.79 Å². The Balaban J connectivity index is 3.05. The monoisotopic (exact) mass is 271 g/mol. The van der Waals surface area contributed by atoms with Crippen LogP contribution in [0.2, 0.25) is 0 Å². The zero-order valence-electron chi connectivity index (χ0n) is 8.99. The zero-order valence-corrected chi connectivity index (χ0v) is 10.6. The van der Waals surface area contributed by atoms with E-state index in [-0.39, 0.29) is 0 Å². The zero-order chi connectivity index (χ0) is 11.6. The summed E-state index contributed by atoms with van der Waals surface area (Å²) < 4.78 is 0.986. The van der Waals surface area contributed by atoms with Crippen LogP contribution in [0.1, 0.15) is 19.4 Å². The van der Waals surface area contributed by atoms with Gasteiger partial charge in [-0.15, -0.1) is 0 Å². The molecule has 0 aliphatic carbocycles. The summed E-state index contributed by atoms with van der Waals surface area (Å²) in [6.45, 7) is 3.76. The summed E-state index contributed by atoms with van der Waals surface area (Å²) in [5.41, 5.74) is 0.447. The van der Waals surface area contributed by atoms with Gasteiger partial charge in [-0.05, 0) is 31.5 Å². The topological polar surface area (TPSA) is 40.5 Å². The Morgan fingerprint density at radius 1 is 1.33 bits per heavy atom. The van der Waals surface area contributed by atoms with E-state index in [1.54, 1.807) is 7.05 Å². The lowest BCUT2D eigenvalue weighted by Crippen LogP contribution is -2.41. The van der Waals surface area contributed by atoms with E-state index in [1.165, 1.54) is 4.90 Å². The molecule has 0 saturated carbocycles. The lowest BCUT2D eigenvalue weighted by molar-refractivity contribution is 0.110. The number of nitrogens with zero attached hydrogens (tertiary/aromatic N) is 1. The Kier molecular flexibility index (Phi) is 3.39. The summed E-state index contributed by atoms with van der Waals surface area (Å²) >= 11 is 3.35. The Morgan fingerprint density at radius 3 is 2.20 bits per heavy atom. The molecular weight excluding hydrogens is 258 g/mol. The molecule has 1 aromatic rings. The Hall–Kier alpha value is -1.03. The van der Waals surface area contributed by atoms with E-state index in [4.69, 9.17) is 5.11 Å². The lowest BCUT2D eigenvalue weighted by Gasteiger charge is -2.34. The molecule has 0 spiro atoms. The van der Waals surface area contributed by atoms with Gasteiger partial charge >= 0.3 is 6.09 Å². The van der Waals surface area contributed by atoms with E-state index >= 15 is 0 Å². The van der Waals surface area contributed by atoms with E-state index < -0.39 is 11.6 Å². The molecular formula is C11H14BrNO2. The van der Waals surface area contributed by atoms with E-state index in [2.05, 4.69) is 15.9 Å². The first-order valence-electron chi connectivity index (χ1n) is 4.58. The van der Waals surface area contributed by atoms with Gasteiger partial charge in [-0.3, -0.25) is 0 Å². The molecule has 1 rings (SSSR count). The molecule has 0 aliphatic rings. The van der Waals surface area contributed by atoms with Crippen LogP contribution in [0.25, 0.3) is 0 Å². The molecule has 15 heavy (non-hydrogen) atoms. The number of amides is 1. The maximum atomic E-state index is 10.9. The average molecular weight is 272 g/mol. The van der Waals surface area contributed by atoms with Crippen molar-refractivity contribution in [1.29, 1.82) is 0 Å². The van der Waals surface area contributed by atoms with Gasteiger partial charge in [0.2, 0.25) is 0 Å². The van der Waals surface area contributed by atoms with Crippen molar-refractivity contribution in [2.24, 2.45) is 0 Å². The summed E-state index contributed by atoms with van der Waals surface area (Å²) in [7, 11) is 1.57. The predicted octanol–water partition coefficient (Wildman–Crippen LogP) is 3.29. The van der Waals surface area contributed by atoms with Crippen LogP contribution in [-0.4, -0.2) is 23.1 Å². The van der Waals surface area contributed by atoms with Crippen LogP contribution < -0.4 is 0 Å². The summed E-state index contributed by atoms with van der Waals surface area (Å²) in [5.74, 6) is 0. The third-order valence-electron chi connectivity index (χ3n) is 2.68. The van der Waals surface area contributed by atoms with Gasteiger partial charge in [0.1, 0.15) is 0 Å². The normalized spacial score (nSPS) is 11.2. The van der Waals surface area contributed by atoms with E-state index in [1.807, 2.05) is 38.1 Å². The van der Waals surface area contributed by atoms with Crippen LogP contribution in [0.5, 0.6) is 0 Å². The van der Waals surface area contributed by atoms with Gasteiger partial charge in [-0.25, -0.2) is 4.79 Å². The van der Waals surface area contributed by atoms with Gasteiger partial charge in [0.05, 0.1) is 5.54 Å². The number of hydrogen-bond acceptors (Lipinski definition) is 1. The molecule has 0 radical (unpaired) electrons. The standard InChI is InChI=1S/C11H14BrNO2/c1-11(2,13(3)10(14)15)8-4-6-9(12)7-5-8/h4-7H,1-3H3,(H,14,15). The number of benzene rings is 1.